The number of carbonyl (C=O) groups excluding carboxylic acids is 1. The molecule has 140 valence electrons. The summed E-state index contributed by atoms with van der Waals surface area (Å²) in [6, 6.07) is 22.1. The van der Waals surface area contributed by atoms with Crippen LogP contribution in [0.15, 0.2) is 92.5 Å². The number of fused-ring (bicyclic) bond motifs is 2. The van der Waals surface area contributed by atoms with Gasteiger partial charge in [0.05, 0.1) is 17.4 Å². The molecule has 0 aliphatic carbocycles. The standard InChI is InChI=1S/C23H15N3O2S/c27-22-21(29-23(25-22)26-24-14-17-8-5-11-28-17)13-20-18-9-3-1-6-15(18)12-16-7-2-4-10-19(16)20/h1-14H,(H,25,26,27)/b21-13-,24-14-. The van der Waals surface area contributed by atoms with Gasteiger partial charge in [-0.1, -0.05) is 48.5 Å². The largest absolute Gasteiger partial charge is 0.463 e. The summed E-state index contributed by atoms with van der Waals surface area (Å²) in [5.41, 5.74) is 1.02. The van der Waals surface area contributed by atoms with Gasteiger partial charge in [0.2, 0.25) is 0 Å². The maximum atomic E-state index is 12.5. The van der Waals surface area contributed by atoms with E-state index in [0.29, 0.717) is 15.8 Å². The second-order valence-electron chi connectivity index (χ2n) is 6.46. The molecule has 1 aliphatic heterocycles. The van der Waals surface area contributed by atoms with Crippen LogP contribution in [0.1, 0.15) is 11.3 Å². The van der Waals surface area contributed by atoms with Crippen LogP contribution in [0, 0.1) is 0 Å². The van der Waals surface area contributed by atoms with E-state index in [4.69, 9.17) is 4.42 Å². The summed E-state index contributed by atoms with van der Waals surface area (Å²) in [6.07, 6.45) is 5.00. The van der Waals surface area contributed by atoms with E-state index in [0.717, 1.165) is 27.1 Å². The fourth-order valence-electron chi connectivity index (χ4n) is 3.31. The van der Waals surface area contributed by atoms with Gasteiger partial charge in [0.1, 0.15) is 5.76 Å². The number of carbonyl (C=O) groups is 1. The molecule has 1 aliphatic rings. The number of nitrogens with one attached hydrogen (secondary N) is 1. The van der Waals surface area contributed by atoms with Crippen LogP contribution < -0.4 is 5.32 Å². The first-order chi connectivity index (χ1) is 14.3. The number of rotatable bonds is 3. The SMILES string of the molecule is O=C1N/C(=N\N=C/c2ccco2)S/C1=C\c1c2ccccc2cc2ccccc12. The van der Waals surface area contributed by atoms with Crippen LogP contribution in [-0.2, 0) is 4.79 Å². The molecule has 6 heteroatoms. The Bertz CT molecular complexity index is 1270. The molecule has 0 saturated carbocycles. The van der Waals surface area contributed by atoms with E-state index in [1.165, 1.54) is 18.0 Å². The summed E-state index contributed by atoms with van der Waals surface area (Å²) in [7, 11) is 0. The lowest BCUT2D eigenvalue weighted by Gasteiger charge is -2.08. The number of hydrogen-bond donors (Lipinski definition) is 1. The third-order valence-corrected chi connectivity index (χ3v) is 5.52. The predicted molar refractivity (Wildman–Crippen MR) is 119 cm³/mol. The van der Waals surface area contributed by atoms with Crippen LogP contribution in [0.4, 0.5) is 0 Å². The average molecular weight is 397 g/mol. The zero-order valence-electron chi connectivity index (χ0n) is 15.2. The zero-order valence-corrected chi connectivity index (χ0v) is 16.0. The molecular formula is C23H15N3O2S. The van der Waals surface area contributed by atoms with Gasteiger partial charge in [-0.3, -0.25) is 10.1 Å². The lowest BCUT2D eigenvalue weighted by atomic mass is 9.96. The van der Waals surface area contributed by atoms with E-state index in [1.807, 2.05) is 30.3 Å². The Morgan fingerprint density at radius 3 is 2.34 bits per heavy atom. The highest BCUT2D eigenvalue weighted by molar-refractivity contribution is 8.18. The van der Waals surface area contributed by atoms with Crippen LogP contribution in [0.2, 0.25) is 0 Å². The smallest absolute Gasteiger partial charge is 0.264 e. The summed E-state index contributed by atoms with van der Waals surface area (Å²) in [5.74, 6) is 0.417. The fraction of sp³-hybridized carbons (Fsp3) is 0. The van der Waals surface area contributed by atoms with Crippen molar-refractivity contribution in [3.8, 4) is 0 Å². The Labute approximate surface area is 170 Å². The quantitative estimate of drug-likeness (QED) is 0.224. The van der Waals surface area contributed by atoms with Crippen molar-refractivity contribution in [2.75, 3.05) is 0 Å². The molecule has 29 heavy (non-hydrogen) atoms. The molecule has 1 amide bonds. The van der Waals surface area contributed by atoms with Crippen LogP contribution in [-0.4, -0.2) is 17.3 Å². The maximum absolute atomic E-state index is 12.5. The van der Waals surface area contributed by atoms with Crippen molar-refractivity contribution in [1.82, 2.24) is 5.32 Å². The van der Waals surface area contributed by atoms with Gasteiger partial charge in [0.15, 0.2) is 5.17 Å². The summed E-state index contributed by atoms with van der Waals surface area (Å²) in [4.78, 5) is 13.1. The molecule has 5 rings (SSSR count). The number of hydrogen-bond acceptors (Lipinski definition) is 5. The van der Waals surface area contributed by atoms with E-state index in [2.05, 4.69) is 45.9 Å². The van der Waals surface area contributed by atoms with Crippen molar-refractivity contribution in [1.29, 1.82) is 0 Å². The first kappa shape index (κ1) is 17.5. The zero-order chi connectivity index (χ0) is 19.6. The van der Waals surface area contributed by atoms with Crippen molar-refractivity contribution >= 4 is 56.7 Å². The minimum atomic E-state index is -0.182. The normalized spacial score (nSPS) is 17.2. The molecule has 3 aromatic carbocycles. The van der Waals surface area contributed by atoms with E-state index in [1.54, 1.807) is 18.4 Å². The average Bonchev–Trinajstić information content (AvgIpc) is 3.38. The lowest BCUT2D eigenvalue weighted by molar-refractivity contribution is -0.115. The van der Waals surface area contributed by atoms with Crippen molar-refractivity contribution in [3.05, 3.63) is 89.2 Å². The number of amidine groups is 1. The number of thioether (sulfide) groups is 1. The number of amides is 1. The molecule has 0 radical (unpaired) electrons. The molecule has 0 bridgehead atoms. The van der Waals surface area contributed by atoms with Crippen LogP contribution in [0.5, 0.6) is 0 Å². The van der Waals surface area contributed by atoms with Crippen LogP contribution >= 0.6 is 11.8 Å². The van der Waals surface area contributed by atoms with E-state index >= 15 is 0 Å². The highest BCUT2D eigenvalue weighted by Gasteiger charge is 2.24. The molecule has 0 atom stereocenters. The fourth-order valence-corrected chi connectivity index (χ4v) is 4.07. The lowest BCUT2D eigenvalue weighted by Crippen LogP contribution is -2.19. The molecule has 1 fully saturated rings. The van der Waals surface area contributed by atoms with Crippen molar-refractivity contribution in [2.24, 2.45) is 10.2 Å². The highest BCUT2D eigenvalue weighted by atomic mass is 32.2. The van der Waals surface area contributed by atoms with Gasteiger partial charge in [-0.05, 0) is 63.1 Å². The van der Waals surface area contributed by atoms with Crippen LogP contribution in [0.3, 0.4) is 0 Å². The maximum Gasteiger partial charge on any atom is 0.264 e. The van der Waals surface area contributed by atoms with E-state index in [9.17, 15) is 4.79 Å². The van der Waals surface area contributed by atoms with Gasteiger partial charge < -0.3 is 4.42 Å². The second kappa shape index (κ2) is 7.41. The number of benzene rings is 3. The monoisotopic (exact) mass is 397 g/mol. The molecule has 1 saturated heterocycles. The van der Waals surface area contributed by atoms with Gasteiger partial charge >= 0.3 is 0 Å². The molecule has 0 unspecified atom stereocenters. The molecule has 1 aromatic heterocycles. The topological polar surface area (TPSA) is 67.0 Å². The predicted octanol–water partition coefficient (Wildman–Crippen LogP) is 5.18. The van der Waals surface area contributed by atoms with Gasteiger partial charge in [-0.25, -0.2) is 0 Å². The molecule has 5 nitrogen and oxygen atoms in total. The first-order valence-electron chi connectivity index (χ1n) is 9.04. The molecular weight excluding hydrogens is 382 g/mol. The first-order valence-corrected chi connectivity index (χ1v) is 9.85. The molecule has 2 heterocycles. The molecule has 1 N–H and O–H groups in total. The Kier molecular flexibility index (Phi) is 4.46. The molecule has 4 aromatic rings. The second-order valence-corrected chi connectivity index (χ2v) is 7.49. The Balaban J connectivity index is 1.54. The minimum Gasteiger partial charge on any atom is -0.463 e. The van der Waals surface area contributed by atoms with Gasteiger partial charge in [-0.15, -0.1) is 5.10 Å². The third-order valence-electron chi connectivity index (χ3n) is 4.62. The number of nitrogens with zero attached hydrogens (tertiary/aromatic N) is 2. The number of furan rings is 1. The highest BCUT2D eigenvalue weighted by Crippen LogP contribution is 2.33. The summed E-state index contributed by atoms with van der Waals surface area (Å²) < 4.78 is 5.18. The Morgan fingerprint density at radius 2 is 1.66 bits per heavy atom. The van der Waals surface area contributed by atoms with E-state index < -0.39 is 0 Å². The van der Waals surface area contributed by atoms with Gasteiger partial charge in [0.25, 0.3) is 5.91 Å². The summed E-state index contributed by atoms with van der Waals surface area (Å²) in [6.45, 7) is 0. The van der Waals surface area contributed by atoms with Gasteiger partial charge in [-0.2, -0.15) is 5.10 Å². The van der Waals surface area contributed by atoms with E-state index in [-0.39, 0.29) is 5.91 Å². The summed E-state index contributed by atoms with van der Waals surface area (Å²) in [5, 5.41) is 15.7. The van der Waals surface area contributed by atoms with Crippen LogP contribution in [0.25, 0.3) is 27.6 Å². The van der Waals surface area contributed by atoms with Crippen molar-refractivity contribution < 1.29 is 9.21 Å². The summed E-state index contributed by atoms with van der Waals surface area (Å²) >= 11 is 1.27. The third kappa shape index (κ3) is 3.46. The van der Waals surface area contributed by atoms with Gasteiger partial charge in [0, 0.05) is 0 Å². The Morgan fingerprint density at radius 1 is 0.931 bits per heavy atom. The Hall–Kier alpha value is -3.64. The van der Waals surface area contributed by atoms with Crippen molar-refractivity contribution in [3.63, 3.8) is 0 Å². The minimum absolute atomic E-state index is 0.182. The molecule has 0 spiro atoms. The van der Waals surface area contributed by atoms with Crippen molar-refractivity contribution in [2.45, 2.75) is 0 Å².